The lowest BCUT2D eigenvalue weighted by Gasteiger charge is -2.15. The Labute approximate surface area is 135 Å². The second-order valence-corrected chi connectivity index (χ2v) is 5.32. The summed E-state index contributed by atoms with van der Waals surface area (Å²) in [7, 11) is 3.10. The van der Waals surface area contributed by atoms with Gasteiger partial charge in [0.1, 0.15) is 11.5 Å². The van der Waals surface area contributed by atoms with Crippen LogP contribution in [0, 0.1) is 5.41 Å². The van der Waals surface area contributed by atoms with E-state index in [1.54, 1.807) is 46.3 Å². The molecule has 0 radical (unpaired) electrons. The number of methoxy groups -OCH3 is 2. The molecule has 0 aliphatic heterocycles. The van der Waals surface area contributed by atoms with Crippen molar-refractivity contribution >= 4 is 11.9 Å². The van der Waals surface area contributed by atoms with Crippen LogP contribution in [0.3, 0.4) is 0 Å². The molecule has 1 aliphatic rings. The van der Waals surface area contributed by atoms with Crippen LogP contribution < -0.4 is 9.47 Å². The van der Waals surface area contributed by atoms with Gasteiger partial charge in [-0.15, -0.1) is 0 Å². The van der Waals surface area contributed by atoms with Crippen molar-refractivity contribution in [1.29, 1.82) is 0 Å². The van der Waals surface area contributed by atoms with Gasteiger partial charge in [0.25, 0.3) is 0 Å². The van der Waals surface area contributed by atoms with Crippen LogP contribution in [0.2, 0.25) is 0 Å². The first-order valence-corrected chi connectivity index (χ1v) is 7.60. The van der Waals surface area contributed by atoms with Gasteiger partial charge < -0.3 is 18.9 Å². The van der Waals surface area contributed by atoms with Crippen LogP contribution in [-0.2, 0) is 19.1 Å². The van der Waals surface area contributed by atoms with E-state index in [1.165, 1.54) is 0 Å². The summed E-state index contributed by atoms with van der Waals surface area (Å²) in [5.74, 6) is -0.166. The molecule has 1 saturated carbocycles. The Kier molecular flexibility index (Phi) is 5.13. The molecule has 0 spiro atoms. The second kappa shape index (κ2) is 6.89. The van der Waals surface area contributed by atoms with Crippen LogP contribution >= 0.6 is 0 Å². The van der Waals surface area contributed by atoms with Gasteiger partial charge in [-0.05, 0) is 38.0 Å². The molecule has 1 aliphatic carbocycles. The monoisotopic (exact) mass is 322 g/mol. The largest absolute Gasteiger partial charge is 0.497 e. The first-order valence-electron chi connectivity index (χ1n) is 7.60. The molecule has 6 nitrogen and oxygen atoms in total. The molecule has 0 bridgehead atoms. The lowest BCUT2D eigenvalue weighted by Crippen LogP contribution is -2.31. The Bertz CT molecular complexity index is 554. The lowest BCUT2D eigenvalue weighted by molar-refractivity contribution is -0.164. The molecule has 23 heavy (non-hydrogen) atoms. The van der Waals surface area contributed by atoms with E-state index < -0.39 is 17.4 Å². The Morgan fingerprint density at radius 2 is 1.48 bits per heavy atom. The molecule has 126 valence electrons. The van der Waals surface area contributed by atoms with Crippen LogP contribution in [-0.4, -0.2) is 39.4 Å². The Hall–Kier alpha value is -2.24. The minimum absolute atomic E-state index is 0.216. The highest BCUT2D eigenvalue weighted by Gasteiger charge is 2.68. The smallest absolute Gasteiger partial charge is 0.324 e. The highest BCUT2D eigenvalue weighted by Crippen LogP contribution is 2.61. The van der Waals surface area contributed by atoms with Crippen molar-refractivity contribution in [2.75, 3.05) is 27.4 Å². The average Bonchev–Trinajstić information content (AvgIpc) is 3.32. The summed E-state index contributed by atoms with van der Waals surface area (Å²) in [5, 5.41) is 0. The normalized spacial score (nSPS) is 18.0. The summed E-state index contributed by atoms with van der Waals surface area (Å²) >= 11 is 0. The van der Waals surface area contributed by atoms with Gasteiger partial charge in [-0.25, -0.2) is 0 Å². The highest BCUT2D eigenvalue weighted by atomic mass is 16.6. The fraction of sp³-hybridized carbons (Fsp3) is 0.529. The summed E-state index contributed by atoms with van der Waals surface area (Å²) in [5.41, 5.74) is -0.467. The zero-order chi connectivity index (χ0) is 17.0. The number of rotatable bonds is 7. The van der Waals surface area contributed by atoms with Crippen LogP contribution in [0.1, 0.15) is 31.7 Å². The maximum atomic E-state index is 12.4. The zero-order valence-corrected chi connectivity index (χ0v) is 13.9. The van der Waals surface area contributed by atoms with Crippen LogP contribution in [0.15, 0.2) is 18.2 Å². The first kappa shape index (κ1) is 17.1. The number of ether oxygens (including phenoxy) is 4. The van der Waals surface area contributed by atoms with Crippen LogP contribution in [0.25, 0.3) is 0 Å². The number of carbonyl (C=O) groups is 2. The molecule has 1 aromatic rings. The topological polar surface area (TPSA) is 71.1 Å². The molecule has 0 aromatic heterocycles. The number of esters is 2. The number of benzene rings is 1. The summed E-state index contributed by atoms with van der Waals surface area (Å²) in [4.78, 5) is 24.7. The molecule has 1 unspecified atom stereocenters. The number of hydrogen-bond donors (Lipinski definition) is 0. The highest BCUT2D eigenvalue weighted by molar-refractivity contribution is 6.05. The molecule has 1 fully saturated rings. The van der Waals surface area contributed by atoms with Gasteiger partial charge >= 0.3 is 11.9 Å². The quantitative estimate of drug-likeness (QED) is 0.567. The molecule has 2 rings (SSSR count). The Morgan fingerprint density at radius 3 is 1.87 bits per heavy atom. The summed E-state index contributed by atoms with van der Waals surface area (Å²) in [6.45, 7) is 3.85. The Morgan fingerprint density at radius 1 is 1.00 bits per heavy atom. The van der Waals surface area contributed by atoms with E-state index in [2.05, 4.69) is 0 Å². The molecule has 0 saturated heterocycles. The predicted octanol–water partition coefficient (Wildman–Crippen LogP) is 2.30. The van der Waals surface area contributed by atoms with Gasteiger partial charge in [0.2, 0.25) is 0 Å². The third kappa shape index (κ3) is 3.11. The SMILES string of the molecule is CCOC(=O)C1(C(=O)OCC)CC1c1cc(OC)cc(OC)c1. The van der Waals surface area contributed by atoms with Crippen molar-refractivity contribution in [3.05, 3.63) is 23.8 Å². The third-order valence-corrected chi connectivity index (χ3v) is 4.02. The zero-order valence-electron chi connectivity index (χ0n) is 13.9. The number of carbonyl (C=O) groups excluding carboxylic acids is 2. The van der Waals surface area contributed by atoms with Gasteiger partial charge in [0, 0.05) is 12.0 Å². The minimum Gasteiger partial charge on any atom is -0.497 e. The second-order valence-electron chi connectivity index (χ2n) is 5.32. The van der Waals surface area contributed by atoms with Gasteiger partial charge in [-0.1, -0.05) is 0 Å². The van der Waals surface area contributed by atoms with E-state index in [1.807, 2.05) is 0 Å². The standard InChI is InChI=1S/C17H22O6/c1-5-22-15(18)17(16(19)23-6-2)10-14(17)11-7-12(20-3)9-13(8-11)21-4/h7-9,14H,5-6,10H2,1-4H3. The van der Waals surface area contributed by atoms with E-state index in [9.17, 15) is 9.59 Å². The molecule has 1 atom stereocenters. The van der Waals surface area contributed by atoms with Crippen molar-refractivity contribution in [3.8, 4) is 11.5 Å². The summed E-state index contributed by atoms with van der Waals surface area (Å²) < 4.78 is 20.7. The van der Waals surface area contributed by atoms with E-state index in [-0.39, 0.29) is 19.1 Å². The van der Waals surface area contributed by atoms with E-state index in [0.29, 0.717) is 17.9 Å². The molecular formula is C17H22O6. The summed E-state index contributed by atoms with van der Waals surface area (Å²) in [6.07, 6.45) is 0.362. The molecular weight excluding hydrogens is 300 g/mol. The lowest BCUT2D eigenvalue weighted by atomic mass is 9.98. The molecule has 0 amide bonds. The van der Waals surface area contributed by atoms with Crippen LogP contribution in [0.4, 0.5) is 0 Å². The van der Waals surface area contributed by atoms with Gasteiger partial charge in [-0.2, -0.15) is 0 Å². The van der Waals surface area contributed by atoms with Gasteiger partial charge in [-0.3, -0.25) is 9.59 Å². The first-order chi connectivity index (χ1) is 11.0. The molecule has 1 aromatic carbocycles. The van der Waals surface area contributed by atoms with Gasteiger partial charge in [0.05, 0.1) is 27.4 Å². The van der Waals surface area contributed by atoms with E-state index in [4.69, 9.17) is 18.9 Å². The van der Waals surface area contributed by atoms with E-state index >= 15 is 0 Å². The fourth-order valence-electron chi connectivity index (χ4n) is 2.75. The summed E-state index contributed by atoms with van der Waals surface area (Å²) in [6, 6.07) is 5.34. The molecule has 6 heteroatoms. The van der Waals surface area contributed by atoms with Crippen LogP contribution in [0.5, 0.6) is 11.5 Å². The molecule has 0 heterocycles. The van der Waals surface area contributed by atoms with Crippen molar-refractivity contribution in [3.63, 3.8) is 0 Å². The maximum Gasteiger partial charge on any atom is 0.324 e. The molecule has 0 N–H and O–H groups in total. The van der Waals surface area contributed by atoms with Gasteiger partial charge in [0.15, 0.2) is 5.41 Å². The van der Waals surface area contributed by atoms with Crippen molar-refractivity contribution < 1.29 is 28.5 Å². The Balaban J connectivity index is 2.36. The minimum atomic E-state index is -1.26. The number of hydrogen-bond acceptors (Lipinski definition) is 6. The third-order valence-electron chi connectivity index (χ3n) is 4.02. The predicted molar refractivity (Wildman–Crippen MR) is 82.6 cm³/mol. The van der Waals surface area contributed by atoms with E-state index in [0.717, 1.165) is 5.56 Å². The maximum absolute atomic E-state index is 12.4. The fourth-order valence-corrected chi connectivity index (χ4v) is 2.75. The van der Waals surface area contributed by atoms with Crippen molar-refractivity contribution in [1.82, 2.24) is 0 Å². The van der Waals surface area contributed by atoms with Crippen molar-refractivity contribution in [2.24, 2.45) is 5.41 Å². The average molecular weight is 322 g/mol. The van der Waals surface area contributed by atoms with Crippen molar-refractivity contribution in [2.45, 2.75) is 26.2 Å².